The number of rotatable bonds is 7. The quantitative estimate of drug-likeness (QED) is 0.825. The van der Waals surface area contributed by atoms with E-state index in [0.29, 0.717) is 0 Å². The molecule has 2 heteroatoms. The van der Waals surface area contributed by atoms with Crippen molar-refractivity contribution in [3.63, 3.8) is 0 Å². The van der Waals surface area contributed by atoms with E-state index in [1.165, 1.54) is 16.8 Å². The lowest BCUT2D eigenvalue weighted by Crippen LogP contribution is -2.27. The van der Waals surface area contributed by atoms with Crippen LogP contribution in [-0.4, -0.2) is 31.6 Å². The number of benzene rings is 2. The van der Waals surface area contributed by atoms with Gasteiger partial charge in [0.1, 0.15) is 0 Å². The second kappa shape index (κ2) is 7.71. The molecule has 0 fully saturated rings. The maximum Gasteiger partial charge on any atom is 0.0340 e. The molecule has 0 aliphatic rings. The molecular formula is C18H24N2. The topological polar surface area (TPSA) is 15.3 Å². The van der Waals surface area contributed by atoms with Gasteiger partial charge in [-0.3, -0.25) is 0 Å². The van der Waals surface area contributed by atoms with Crippen LogP contribution in [0, 0.1) is 6.92 Å². The summed E-state index contributed by atoms with van der Waals surface area (Å²) < 4.78 is 0. The molecule has 0 unspecified atom stereocenters. The van der Waals surface area contributed by atoms with Crippen LogP contribution in [0.15, 0.2) is 54.6 Å². The first-order chi connectivity index (χ1) is 9.74. The van der Waals surface area contributed by atoms with Crippen molar-refractivity contribution in [2.75, 3.05) is 32.0 Å². The van der Waals surface area contributed by atoms with E-state index in [9.17, 15) is 0 Å². The number of likely N-dealkylation sites (N-methyl/N-ethyl adjacent to an activating group) is 1. The van der Waals surface area contributed by atoms with Gasteiger partial charge >= 0.3 is 0 Å². The minimum atomic E-state index is 0.981. The number of anilines is 1. The Bertz CT molecular complexity index is 491. The van der Waals surface area contributed by atoms with Crippen LogP contribution in [0.5, 0.6) is 0 Å². The molecule has 0 saturated heterocycles. The summed E-state index contributed by atoms with van der Waals surface area (Å²) >= 11 is 0. The normalized spacial score (nSPS) is 10.8. The standard InChI is InChI=1S/C18H24N2/c1-16-8-10-18(11-9-16)19-13-15-20(2)14-12-17-6-4-3-5-7-17/h3-11,19H,12-15H2,1-2H3. The zero-order chi connectivity index (χ0) is 14.2. The Morgan fingerprint density at radius 3 is 2.30 bits per heavy atom. The average molecular weight is 268 g/mol. The van der Waals surface area contributed by atoms with Crippen LogP contribution in [-0.2, 0) is 6.42 Å². The third kappa shape index (κ3) is 5.06. The summed E-state index contributed by atoms with van der Waals surface area (Å²) in [7, 11) is 2.18. The van der Waals surface area contributed by atoms with E-state index in [2.05, 4.69) is 78.8 Å². The number of hydrogen-bond donors (Lipinski definition) is 1. The maximum atomic E-state index is 3.46. The lowest BCUT2D eigenvalue weighted by Gasteiger charge is -2.17. The summed E-state index contributed by atoms with van der Waals surface area (Å²) in [6, 6.07) is 19.2. The van der Waals surface area contributed by atoms with Crippen molar-refractivity contribution in [2.24, 2.45) is 0 Å². The molecule has 0 bridgehead atoms. The average Bonchev–Trinajstić information content (AvgIpc) is 2.48. The van der Waals surface area contributed by atoms with Crippen molar-refractivity contribution in [3.8, 4) is 0 Å². The molecule has 20 heavy (non-hydrogen) atoms. The molecule has 0 atom stereocenters. The Labute approximate surface area is 122 Å². The highest BCUT2D eigenvalue weighted by Crippen LogP contribution is 2.08. The summed E-state index contributed by atoms with van der Waals surface area (Å²) in [5.41, 5.74) is 3.91. The first-order valence-electron chi connectivity index (χ1n) is 7.27. The summed E-state index contributed by atoms with van der Waals surface area (Å²) in [4.78, 5) is 2.37. The maximum absolute atomic E-state index is 3.46. The second-order valence-corrected chi connectivity index (χ2v) is 5.33. The largest absolute Gasteiger partial charge is 0.384 e. The Hall–Kier alpha value is -1.80. The highest BCUT2D eigenvalue weighted by atomic mass is 15.1. The lowest BCUT2D eigenvalue weighted by atomic mass is 10.1. The predicted octanol–water partition coefficient (Wildman–Crippen LogP) is 3.58. The van der Waals surface area contributed by atoms with Gasteiger partial charge in [0.15, 0.2) is 0 Å². The van der Waals surface area contributed by atoms with E-state index in [0.717, 1.165) is 26.1 Å². The van der Waals surface area contributed by atoms with Crippen LogP contribution < -0.4 is 5.32 Å². The number of hydrogen-bond acceptors (Lipinski definition) is 2. The third-order valence-electron chi connectivity index (χ3n) is 3.50. The Morgan fingerprint density at radius 2 is 1.60 bits per heavy atom. The van der Waals surface area contributed by atoms with Gasteiger partial charge in [0.25, 0.3) is 0 Å². The first kappa shape index (κ1) is 14.6. The van der Waals surface area contributed by atoms with Crippen molar-refractivity contribution in [1.29, 1.82) is 0 Å². The molecule has 0 heterocycles. The molecule has 0 aliphatic heterocycles. The minimum absolute atomic E-state index is 0.981. The molecular weight excluding hydrogens is 244 g/mol. The van der Waals surface area contributed by atoms with Gasteiger partial charge in [-0.1, -0.05) is 48.0 Å². The third-order valence-corrected chi connectivity index (χ3v) is 3.50. The summed E-state index contributed by atoms with van der Waals surface area (Å²) in [5, 5.41) is 3.46. The number of nitrogens with one attached hydrogen (secondary N) is 1. The molecule has 0 saturated carbocycles. The zero-order valence-corrected chi connectivity index (χ0v) is 12.5. The van der Waals surface area contributed by atoms with Crippen LogP contribution in [0.25, 0.3) is 0 Å². The molecule has 0 aliphatic carbocycles. The van der Waals surface area contributed by atoms with Gasteiger partial charge in [0.05, 0.1) is 0 Å². The minimum Gasteiger partial charge on any atom is -0.384 e. The second-order valence-electron chi connectivity index (χ2n) is 5.33. The lowest BCUT2D eigenvalue weighted by molar-refractivity contribution is 0.351. The Morgan fingerprint density at radius 1 is 0.900 bits per heavy atom. The van der Waals surface area contributed by atoms with Gasteiger partial charge in [-0.25, -0.2) is 0 Å². The van der Waals surface area contributed by atoms with Crippen molar-refractivity contribution in [2.45, 2.75) is 13.3 Å². The molecule has 2 rings (SSSR count). The van der Waals surface area contributed by atoms with E-state index in [1.54, 1.807) is 0 Å². The van der Waals surface area contributed by atoms with E-state index >= 15 is 0 Å². The van der Waals surface area contributed by atoms with Gasteiger partial charge < -0.3 is 10.2 Å². The zero-order valence-electron chi connectivity index (χ0n) is 12.5. The Kier molecular flexibility index (Phi) is 5.63. The van der Waals surface area contributed by atoms with Gasteiger partial charge in [0, 0.05) is 25.3 Å². The van der Waals surface area contributed by atoms with Gasteiger partial charge in [-0.05, 0) is 38.1 Å². The van der Waals surface area contributed by atoms with Crippen molar-refractivity contribution in [3.05, 3.63) is 65.7 Å². The van der Waals surface area contributed by atoms with Crippen molar-refractivity contribution < 1.29 is 0 Å². The van der Waals surface area contributed by atoms with Gasteiger partial charge in [-0.2, -0.15) is 0 Å². The van der Waals surface area contributed by atoms with Crippen molar-refractivity contribution >= 4 is 5.69 Å². The first-order valence-corrected chi connectivity index (χ1v) is 7.27. The Balaban J connectivity index is 1.65. The monoisotopic (exact) mass is 268 g/mol. The smallest absolute Gasteiger partial charge is 0.0340 e. The van der Waals surface area contributed by atoms with Crippen LogP contribution in [0.4, 0.5) is 5.69 Å². The fourth-order valence-electron chi connectivity index (χ4n) is 2.14. The predicted molar refractivity (Wildman–Crippen MR) is 87.3 cm³/mol. The molecule has 0 radical (unpaired) electrons. The summed E-state index contributed by atoms with van der Waals surface area (Å²) in [6.45, 7) is 5.25. The molecule has 2 nitrogen and oxygen atoms in total. The highest BCUT2D eigenvalue weighted by molar-refractivity contribution is 5.44. The molecule has 1 N–H and O–H groups in total. The van der Waals surface area contributed by atoms with E-state index in [-0.39, 0.29) is 0 Å². The molecule has 0 amide bonds. The van der Waals surface area contributed by atoms with Gasteiger partial charge in [-0.15, -0.1) is 0 Å². The van der Waals surface area contributed by atoms with Crippen LogP contribution in [0.2, 0.25) is 0 Å². The highest BCUT2D eigenvalue weighted by Gasteiger charge is 1.99. The molecule has 106 valence electrons. The fourth-order valence-corrected chi connectivity index (χ4v) is 2.14. The fraction of sp³-hybridized carbons (Fsp3) is 0.333. The molecule has 2 aromatic rings. The van der Waals surface area contributed by atoms with Gasteiger partial charge in [0.2, 0.25) is 0 Å². The number of aryl methyl sites for hydroxylation is 1. The van der Waals surface area contributed by atoms with Crippen LogP contribution >= 0.6 is 0 Å². The summed E-state index contributed by atoms with van der Waals surface area (Å²) in [6.07, 6.45) is 1.11. The number of nitrogens with zero attached hydrogens (tertiary/aromatic N) is 1. The van der Waals surface area contributed by atoms with E-state index in [1.807, 2.05) is 0 Å². The molecule has 0 aromatic heterocycles. The van der Waals surface area contributed by atoms with E-state index in [4.69, 9.17) is 0 Å². The summed E-state index contributed by atoms with van der Waals surface area (Å²) in [5.74, 6) is 0. The van der Waals surface area contributed by atoms with Crippen molar-refractivity contribution in [1.82, 2.24) is 4.90 Å². The molecule has 0 spiro atoms. The van der Waals surface area contributed by atoms with Crippen LogP contribution in [0.3, 0.4) is 0 Å². The molecule has 2 aromatic carbocycles. The SMILES string of the molecule is Cc1ccc(NCCN(C)CCc2ccccc2)cc1. The van der Waals surface area contributed by atoms with Crippen LogP contribution in [0.1, 0.15) is 11.1 Å². The van der Waals surface area contributed by atoms with E-state index < -0.39 is 0 Å².